The highest BCUT2D eigenvalue weighted by atomic mass is 79.9. The van der Waals surface area contributed by atoms with Crippen molar-refractivity contribution in [2.24, 2.45) is 0 Å². The van der Waals surface area contributed by atoms with Crippen LogP contribution < -0.4 is 4.90 Å². The molecular weight excluding hydrogens is 322 g/mol. The van der Waals surface area contributed by atoms with E-state index < -0.39 is 0 Å². The topological polar surface area (TPSA) is 3.24 Å². The van der Waals surface area contributed by atoms with Crippen molar-refractivity contribution in [2.45, 2.75) is 6.92 Å². The van der Waals surface area contributed by atoms with Crippen LogP contribution in [0.5, 0.6) is 0 Å². The van der Waals surface area contributed by atoms with Crippen molar-refractivity contribution >= 4 is 21.6 Å². The first-order valence-electron chi connectivity index (χ1n) is 6.64. The normalized spacial score (nSPS) is 12.8. The van der Waals surface area contributed by atoms with Crippen molar-refractivity contribution in [1.82, 2.24) is 0 Å². The van der Waals surface area contributed by atoms with E-state index >= 15 is 0 Å². The van der Waals surface area contributed by atoms with E-state index in [1.165, 1.54) is 0 Å². The molecule has 108 valence electrons. The number of nitrogens with zero attached hydrogens (tertiary/aromatic N) is 1. The summed E-state index contributed by atoms with van der Waals surface area (Å²) >= 11 is 3.61. The number of halogens is 1. The zero-order valence-corrected chi connectivity index (χ0v) is 13.9. The van der Waals surface area contributed by atoms with E-state index in [4.69, 9.17) is 0 Å². The molecule has 0 radical (unpaired) electrons. The largest absolute Gasteiger partial charge is 0.309 e. The van der Waals surface area contributed by atoms with E-state index in [9.17, 15) is 0 Å². The maximum Gasteiger partial charge on any atom is 0.0600 e. The molecule has 0 fully saturated rings. The van der Waals surface area contributed by atoms with E-state index in [0.29, 0.717) is 0 Å². The molecule has 0 heterocycles. The average Bonchev–Trinajstić information content (AvgIpc) is 2.53. The van der Waals surface area contributed by atoms with Gasteiger partial charge < -0.3 is 4.90 Å². The van der Waals surface area contributed by atoms with E-state index in [-0.39, 0.29) is 0 Å². The molecule has 0 spiro atoms. The predicted octanol–water partition coefficient (Wildman–Crippen LogP) is 6.12. The molecule has 0 bridgehead atoms. The van der Waals surface area contributed by atoms with Gasteiger partial charge in [-0.3, -0.25) is 0 Å². The smallest absolute Gasteiger partial charge is 0.0600 e. The van der Waals surface area contributed by atoms with Crippen molar-refractivity contribution < 1.29 is 0 Å². The van der Waals surface area contributed by atoms with Gasteiger partial charge in [-0.25, -0.2) is 0 Å². The van der Waals surface area contributed by atoms with Gasteiger partial charge in [0.15, 0.2) is 0 Å². The summed E-state index contributed by atoms with van der Waals surface area (Å²) in [4.78, 5) is 2.10. The highest BCUT2D eigenvalue weighted by molar-refractivity contribution is 9.12. The quantitative estimate of drug-likeness (QED) is 0.540. The molecule has 0 N–H and O–H groups in total. The fourth-order valence-electron chi connectivity index (χ4n) is 1.88. The summed E-state index contributed by atoms with van der Waals surface area (Å²) in [7, 11) is 0. The van der Waals surface area contributed by atoms with Gasteiger partial charge in [0.25, 0.3) is 0 Å². The van der Waals surface area contributed by atoms with Gasteiger partial charge >= 0.3 is 0 Å². The van der Waals surface area contributed by atoms with Crippen molar-refractivity contribution in [2.75, 3.05) is 4.90 Å². The van der Waals surface area contributed by atoms with Crippen LogP contribution in [-0.4, -0.2) is 0 Å². The molecule has 0 aliphatic heterocycles. The van der Waals surface area contributed by atoms with Gasteiger partial charge in [0.05, 0.1) is 5.70 Å². The van der Waals surface area contributed by atoms with E-state index in [0.717, 1.165) is 21.6 Å². The van der Waals surface area contributed by atoms with E-state index in [1.807, 2.05) is 61.6 Å². The second-order valence-corrected chi connectivity index (χ2v) is 4.98. The van der Waals surface area contributed by atoms with Crippen LogP contribution in [-0.2, 0) is 0 Å². The van der Waals surface area contributed by atoms with Crippen LogP contribution in [0.3, 0.4) is 0 Å². The van der Waals surface area contributed by atoms with Crippen molar-refractivity contribution in [3.05, 3.63) is 102 Å². The zero-order valence-electron chi connectivity index (χ0n) is 12.3. The fraction of sp³-hybridized carbons (Fsp3) is 0.0526. The molecule has 0 atom stereocenters. The molecule has 0 saturated carbocycles. The molecular formula is C19H20BrN. The predicted molar refractivity (Wildman–Crippen MR) is 98.4 cm³/mol. The Labute approximate surface area is 136 Å². The monoisotopic (exact) mass is 341 g/mol. The maximum atomic E-state index is 3.91. The molecule has 0 aliphatic carbocycles. The first kappa shape index (κ1) is 17.0. The first-order valence-corrected chi connectivity index (χ1v) is 7.44. The van der Waals surface area contributed by atoms with Crippen molar-refractivity contribution in [3.63, 3.8) is 0 Å². The summed E-state index contributed by atoms with van der Waals surface area (Å²) in [5.74, 6) is 0. The second kappa shape index (κ2) is 8.98. The first-order chi connectivity index (χ1) is 10.2. The minimum absolute atomic E-state index is 0.933. The Morgan fingerprint density at radius 2 is 1.67 bits per heavy atom. The minimum atomic E-state index is 0.933. The third-order valence-corrected chi connectivity index (χ3v) is 3.65. The minimum Gasteiger partial charge on any atom is -0.309 e. The number of para-hydroxylation sites is 1. The van der Waals surface area contributed by atoms with Crippen LogP contribution >= 0.6 is 15.9 Å². The molecule has 0 saturated heterocycles. The summed E-state index contributed by atoms with van der Waals surface area (Å²) in [6.45, 7) is 13.5. The lowest BCUT2D eigenvalue weighted by Gasteiger charge is -2.28. The van der Waals surface area contributed by atoms with Gasteiger partial charge in [0.2, 0.25) is 0 Å². The number of hydrogen-bond donors (Lipinski definition) is 0. The fourth-order valence-corrected chi connectivity index (χ4v) is 2.19. The lowest BCUT2D eigenvalue weighted by molar-refractivity contribution is 1.14. The molecule has 1 nitrogen and oxygen atoms in total. The zero-order chi connectivity index (χ0) is 15.7. The number of benzene rings is 1. The van der Waals surface area contributed by atoms with Crippen LogP contribution in [0, 0.1) is 0 Å². The van der Waals surface area contributed by atoms with Gasteiger partial charge in [-0.15, -0.1) is 0 Å². The highest BCUT2D eigenvalue weighted by Crippen LogP contribution is 2.31. The average molecular weight is 342 g/mol. The summed E-state index contributed by atoms with van der Waals surface area (Å²) < 4.78 is 0.975. The Morgan fingerprint density at radius 1 is 1.05 bits per heavy atom. The van der Waals surface area contributed by atoms with Crippen LogP contribution in [0.2, 0.25) is 0 Å². The molecule has 0 aromatic heterocycles. The summed E-state index contributed by atoms with van der Waals surface area (Å²) in [6, 6.07) is 10.1. The Balaban J connectivity index is 3.54. The number of rotatable bonds is 7. The van der Waals surface area contributed by atoms with Crippen LogP contribution in [0.1, 0.15) is 6.92 Å². The highest BCUT2D eigenvalue weighted by Gasteiger charge is 2.16. The van der Waals surface area contributed by atoms with Gasteiger partial charge in [-0.1, -0.05) is 56.2 Å². The number of anilines is 1. The second-order valence-electron chi connectivity index (χ2n) is 4.13. The van der Waals surface area contributed by atoms with Gasteiger partial charge in [0, 0.05) is 15.9 Å². The molecule has 0 amide bonds. The Bertz CT molecular complexity index is 591. The Morgan fingerprint density at radius 3 is 2.14 bits per heavy atom. The number of hydrogen-bond acceptors (Lipinski definition) is 1. The Kier molecular flexibility index (Phi) is 7.27. The van der Waals surface area contributed by atoms with E-state index in [1.54, 1.807) is 12.2 Å². The third kappa shape index (κ3) is 4.47. The maximum absolute atomic E-state index is 3.91. The SMILES string of the molecule is C=C/C=C(\C=C)N(C(=C/C=C)/C(Br)=C\C)c1ccccc1. The summed E-state index contributed by atoms with van der Waals surface area (Å²) in [5.41, 5.74) is 2.95. The molecule has 21 heavy (non-hydrogen) atoms. The molecule has 1 rings (SSSR count). The van der Waals surface area contributed by atoms with Crippen LogP contribution in [0.4, 0.5) is 5.69 Å². The Hall–Kier alpha value is -2.06. The van der Waals surface area contributed by atoms with E-state index in [2.05, 4.69) is 40.6 Å². The standard InChI is InChI=1S/C19H20BrN/c1-5-12-16(7-3)21(17-14-10-9-11-15-17)19(13-6-2)18(20)8-4/h5-15H,1-3H2,4H3/b16-12+,18-8+,19-13+. The number of allylic oxidation sites excluding steroid dienone is 7. The lowest BCUT2D eigenvalue weighted by Crippen LogP contribution is -2.21. The molecule has 1 aromatic rings. The third-order valence-electron chi connectivity index (χ3n) is 2.79. The van der Waals surface area contributed by atoms with Crippen molar-refractivity contribution in [1.29, 1.82) is 0 Å². The molecule has 1 aromatic carbocycles. The van der Waals surface area contributed by atoms with Crippen molar-refractivity contribution in [3.8, 4) is 0 Å². The van der Waals surface area contributed by atoms with Crippen LogP contribution in [0.25, 0.3) is 0 Å². The van der Waals surface area contributed by atoms with Gasteiger partial charge in [0.1, 0.15) is 0 Å². The summed E-state index contributed by atoms with van der Waals surface area (Å²) in [6.07, 6.45) is 11.2. The van der Waals surface area contributed by atoms with Crippen LogP contribution in [0.15, 0.2) is 102 Å². The van der Waals surface area contributed by atoms with Gasteiger partial charge in [-0.05, 0) is 53.2 Å². The van der Waals surface area contributed by atoms with Gasteiger partial charge in [-0.2, -0.15) is 0 Å². The molecule has 0 aliphatic rings. The summed E-state index contributed by atoms with van der Waals surface area (Å²) in [5, 5.41) is 0. The molecule has 2 heteroatoms. The lowest BCUT2D eigenvalue weighted by atomic mass is 10.2. The molecule has 0 unspecified atom stereocenters.